The second kappa shape index (κ2) is 5.15. The number of aliphatic carboxylic acids is 1. The minimum absolute atomic E-state index is 0.0707. The number of hydrogen-bond donors (Lipinski definition) is 1. The lowest BCUT2D eigenvalue weighted by Gasteiger charge is -2.26. The average molecular weight is 261 g/mol. The van der Waals surface area contributed by atoms with Gasteiger partial charge in [0.15, 0.2) is 5.82 Å². The molecule has 0 spiro atoms. The van der Waals surface area contributed by atoms with Crippen LogP contribution < -0.4 is 4.90 Å². The molecule has 0 bridgehead atoms. The van der Waals surface area contributed by atoms with Crippen molar-refractivity contribution in [2.45, 2.75) is 50.5 Å². The normalized spacial score (nSPS) is 23.4. The van der Waals surface area contributed by atoms with E-state index in [4.69, 9.17) is 5.11 Å². The van der Waals surface area contributed by atoms with Crippen molar-refractivity contribution in [2.24, 2.45) is 0 Å². The molecule has 1 atom stereocenters. The van der Waals surface area contributed by atoms with Crippen molar-refractivity contribution < 1.29 is 9.90 Å². The highest BCUT2D eigenvalue weighted by molar-refractivity contribution is 5.68. The quantitative estimate of drug-likeness (QED) is 0.900. The molecule has 19 heavy (non-hydrogen) atoms. The summed E-state index contributed by atoms with van der Waals surface area (Å²) in [6, 6.07) is 4.13. The summed E-state index contributed by atoms with van der Waals surface area (Å²) in [7, 11) is 0. The van der Waals surface area contributed by atoms with Crippen LogP contribution in [0.3, 0.4) is 0 Å². The molecule has 1 saturated heterocycles. The van der Waals surface area contributed by atoms with Crippen LogP contribution in [0.5, 0.6) is 0 Å². The van der Waals surface area contributed by atoms with Gasteiger partial charge in [0.1, 0.15) is 0 Å². The molecule has 1 saturated carbocycles. The molecular weight excluding hydrogens is 242 g/mol. The highest BCUT2D eigenvalue weighted by atomic mass is 16.4. The summed E-state index contributed by atoms with van der Waals surface area (Å²) in [5, 5.41) is 17.6. The first-order valence-corrected chi connectivity index (χ1v) is 7.06. The Morgan fingerprint density at radius 1 is 1.26 bits per heavy atom. The average Bonchev–Trinajstić information content (AvgIpc) is 2.75. The van der Waals surface area contributed by atoms with Gasteiger partial charge in [0.2, 0.25) is 0 Å². The Labute approximate surface area is 112 Å². The number of carboxylic acid groups (broad SMARTS) is 1. The molecule has 1 aliphatic heterocycles. The first kappa shape index (κ1) is 12.4. The zero-order chi connectivity index (χ0) is 13.2. The molecule has 3 rings (SSSR count). The Balaban J connectivity index is 1.71. The number of carbonyl (C=O) groups is 1. The van der Waals surface area contributed by atoms with Crippen LogP contribution in [0.4, 0.5) is 5.82 Å². The van der Waals surface area contributed by atoms with E-state index in [0.29, 0.717) is 5.92 Å². The van der Waals surface area contributed by atoms with Gasteiger partial charge < -0.3 is 10.0 Å². The van der Waals surface area contributed by atoms with Crippen LogP contribution in [0, 0.1) is 0 Å². The second-order valence-corrected chi connectivity index (χ2v) is 5.53. The summed E-state index contributed by atoms with van der Waals surface area (Å²) in [5.41, 5.74) is 1.09. The molecule has 2 heterocycles. The summed E-state index contributed by atoms with van der Waals surface area (Å²) in [6.45, 7) is 0.884. The van der Waals surface area contributed by atoms with Crippen molar-refractivity contribution >= 4 is 11.8 Å². The van der Waals surface area contributed by atoms with Crippen molar-refractivity contribution in [3.05, 3.63) is 17.8 Å². The smallest absolute Gasteiger partial charge is 0.305 e. The molecule has 2 fully saturated rings. The van der Waals surface area contributed by atoms with Crippen LogP contribution in [-0.2, 0) is 4.79 Å². The lowest BCUT2D eigenvalue weighted by atomic mass is 9.83. The molecule has 1 aromatic heterocycles. The third kappa shape index (κ3) is 2.55. The molecular formula is C14H19N3O2. The number of rotatable bonds is 4. The predicted octanol–water partition coefficient (Wildman–Crippen LogP) is 2.19. The maximum atomic E-state index is 10.9. The molecule has 1 aromatic rings. The SMILES string of the molecule is O=C(O)CC1CCCN1c1ccc(C2CCC2)nn1. The lowest BCUT2D eigenvalue weighted by molar-refractivity contribution is -0.137. The third-order valence-corrected chi connectivity index (χ3v) is 4.28. The highest BCUT2D eigenvalue weighted by Crippen LogP contribution is 2.35. The molecule has 1 N–H and O–H groups in total. The number of aromatic nitrogens is 2. The van der Waals surface area contributed by atoms with Crippen LogP contribution in [0.15, 0.2) is 12.1 Å². The molecule has 5 heteroatoms. The fraction of sp³-hybridized carbons (Fsp3) is 0.643. The van der Waals surface area contributed by atoms with Gasteiger partial charge in [0.25, 0.3) is 0 Å². The maximum absolute atomic E-state index is 10.9. The van der Waals surface area contributed by atoms with Gasteiger partial charge in [0, 0.05) is 18.5 Å². The Hall–Kier alpha value is -1.65. The first-order chi connectivity index (χ1) is 9.24. The summed E-state index contributed by atoms with van der Waals surface area (Å²) in [5.74, 6) is 0.678. The summed E-state index contributed by atoms with van der Waals surface area (Å²) in [4.78, 5) is 12.9. The molecule has 1 aliphatic carbocycles. The van der Waals surface area contributed by atoms with E-state index in [9.17, 15) is 4.79 Å². The Kier molecular flexibility index (Phi) is 3.36. The zero-order valence-electron chi connectivity index (χ0n) is 11.0. The van der Waals surface area contributed by atoms with E-state index in [1.165, 1.54) is 19.3 Å². The molecule has 0 amide bonds. The van der Waals surface area contributed by atoms with E-state index in [1.807, 2.05) is 6.07 Å². The monoisotopic (exact) mass is 261 g/mol. The molecule has 2 aliphatic rings. The van der Waals surface area contributed by atoms with E-state index in [2.05, 4.69) is 21.2 Å². The Morgan fingerprint density at radius 3 is 2.68 bits per heavy atom. The minimum Gasteiger partial charge on any atom is -0.481 e. The predicted molar refractivity (Wildman–Crippen MR) is 71.2 cm³/mol. The van der Waals surface area contributed by atoms with Crippen LogP contribution in [-0.4, -0.2) is 33.9 Å². The second-order valence-electron chi connectivity index (χ2n) is 5.53. The standard InChI is InChI=1S/C14H19N3O2/c18-14(19)9-11-5-2-8-17(11)13-7-6-12(15-16-13)10-3-1-4-10/h6-7,10-11H,1-5,8-9H2,(H,18,19). The zero-order valence-corrected chi connectivity index (χ0v) is 11.0. The summed E-state index contributed by atoms with van der Waals surface area (Å²) < 4.78 is 0. The van der Waals surface area contributed by atoms with Gasteiger partial charge in [-0.2, -0.15) is 5.10 Å². The van der Waals surface area contributed by atoms with Crippen LogP contribution in [0.25, 0.3) is 0 Å². The first-order valence-electron chi connectivity index (χ1n) is 7.06. The van der Waals surface area contributed by atoms with Gasteiger partial charge in [-0.05, 0) is 37.8 Å². The van der Waals surface area contributed by atoms with Crippen molar-refractivity contribution in [2.75, 3.05) is 11.4 Å². The van der Waals surface area contributed by atoms with Crippen LogP contribution in [0.2, 0.25) is 0 Å². The van der Waals surface area contributed by atoms with Crippen molar-refractivity contribution in [3.8, 4) is 0 Å². The molecule has 102 valence electrons. The molecule has 5 nitrogen and oxygen atoms in total. The number of hydrogen-bond acceptors (Lipinski definition) is 4. The maximum Gasteiger partial charge on any atom is 0.305 e. The van der Waals surface area contributed by atoms with Crippen molar-refractivity contribution in [3.63, 3.8) is 0 Å². The van der Waals surface area contributed by atoms with Gasteiger partial charge in [-0.15, -0.1) is 5.10 Å². The van der Waals surface area contributed by atoms with E-state index in [0.717, 1.165) is 30.9 Å². The van der Waals surface area contributed by atoms with E-state index < -0.39 is 5.97 Å². The number of anilines is 1. The van der Waals surface area contributed by atoms with Crippen LogP contribution in [0.1, 0.15) is 50.1 Å². The van der Waals surface area contributed by atoms with Crippen LogP contribution >= 0.6 is 0 Å². The van der Waals surface area contributed by atoms with E-state index >= 15 is 0 Å². The fourth-order valence-electron chi connectivity index (χ4n) is 2.96. The number of nitrogens with zero attached hydrogens (tertiary/aromatic N) is 3. The lowest BCUT2D eigenvalue weighted by Crippen LogP contribution is -2.32. The van der Waals surface area contributed by atoms with Gasteiger partial charge in [-0.3, -0.25) is 4.79 Å². The van der Waals surface area contributed by atoms with Gasteiger partial charge in [0.05, 0.1) is 12.1 Å². The van der Waals surface area contributed by atoms with E-state index in [-0.39, 0.29) is 12.5 Å². The Morgan fingerprint density at radius 2 is 2.11 bits per heavy atom. The van der Waals surface area contributed by atoms with Crippen molar-refractivity contribution in [1.29, 1.82) is 0 Å². The van der Waals surface area contributed by atoms with Gasteiger partial charge >= 0.3 is 5.97 Å². The van der Waals surface area contributed by atoms with Gasteiger partial charge in [-0.1, -0.05) is 6.42 Å². The summed E-state index contributed by atoms with van der Waals surface area (Å²) >= 11 is 0. The molecule has 1 unspecified atom stereocenters. The van der Waals surface area contributed by atoms with Gasteiger partial charge in [-0.25, -0.2) is 0 Å². The highest BCUT2D eigenvalue weighted by Gasteiger charge is 2.28. The summed E-state index contributed by atoms with van der Waals surface area (Å²) in [6.07, 6.45) is 5.88. The fourth-order valence-corrected chi connectivity index (χ4v) is 2.96. The molecule has 0 radical (unpaired) electrons. The van der Waals surface area contributed by atoms with E-state index in [1.54, 1.807) is 0 Å². The largest absolute Gasteiger partial charge is 0.481 e. The molecule has 0 aromatic carbocycles. The Bertz CT molecular complexity index is 456. The van der Waals surface area contributed by atoms with Crippen molar-refractivity contribution in [1.82, 2.24) is 10.2 Å². The third-order valence-electron chi connectivity index (χ3n) is 4.28. The topological polar surface area (TPSA) is 66.3 Å². The number of carboxylic acids is 1. The minimum atomic E-state index is -0.740.